The predicted octanol–water partition coefficient (Wildman–Crippen LogP) is 2.25. The van der Waals surface area contributed by atoms with Crippen molar-refractivity contribution in [2.45, 2.75) is 19.4 Å². The van der Waals surface area contributed by atoms with Gasteiger partial charge in [0.1, 0.15) is 0 Å². The normalized spacial score (nSPS) is 14.2. The summed E-state index contributed by atoms with van der Waals surface area (Å²) >= 11 is 0. The lowest BCUT2D eigenvalue weighted by Crippen LogP contribution is -2.37. The van der Waals surface area contributed by atoms with Gasteiger partial charge in [-0.05, 0) is 36.5 Å². The zero-order valence-electron chi connectivity index (χ0n) is 11.0. The molecule has 2 rings (SSSR count). The summed E-state index contributed by atoms with van der Waals surface area (Å²) in [6.07, 6.45) is 2.67. The molecule has 4 nitrogen and oxygen atoms in total. The third-order valence-corrected chi connectivity index (χ3v) is 3.02. The Morgan fingerprint density at radius 3 is 2.53 bits per heavy atom. The molecule has 0 unspecified atom stereocenters. The van der Waals surface area contributed by atoms with Crippen LogP contribution in [0.3, 0.4) is 0 Å². The summed E-state index contributed by atoms with van der Waals surface area (Å²) in [6, 6.07) is 9.69. The average Bonchev–Trinajstić information content (AvgIpc) is 3.24. The van der Waals surface area contributed by atoms with Gasteiger partial charge in [-0.1, -0.05) is 12.1 Å². The van der Waals surface area contributed by atoms with E-state index in [1.807, 2.05) is 24.3 Å². The highest BCUT2D eigenvalue weighted by molar-refractivity contribution is 14.0. The van der Waals surface area contributed by atoms with E-state index in [9.17, 15) is 0 Å². The fourth-order valence-corrected chi connectivity index (χ4v) is 1.67. The van der Waals surface area contributed by atoms with Crippen LogP contribution < -0.4 is 10.6 Å². The van der Waals surface area contributed by atoms with Gasteiger partial charge in [0, 0.05) is 20.1 Å². The number of hydrogen-bond donors (Lipinski definition) is 2. The highest BCUT2D eigenvalue weighted by atomic mass is 127. The molecule has 0 spiro atoms. The molecule has 0 amide bonds. The summed E-state index contributed by atoms with van der Waals surface area (Å²) in [7, 11) is 1.78. The van der Waals surface area contributed by atoms with Gasteiger partial charge in [-0.15, -0.1) is 24.0 Å². The van der Waals surface area contributed by atoms with Crippen LogP contribution in [0, 0.1) is 17.2 Å². The van der Waals surface area contributed by atoms with Gasteiger partial charge in [-0.25, -0.2) is 0 Å². The van der Waals surface area contributed by atoms with Gasteiger partial charge in [0.2, 0.25) is 0 Å². The Morgan fingerprint density at radius 2 is 2.00 bits per heavy atom. The van der Waals surface area contributed by atoms with E-state index >= 15 is 0 Å². The van der Waals surface area contributed by atoms with Gasteiger partial charge in [0.25, 0.3) is 0 Å². The van der Waals surface area contributed by atoms with Crippen LogP contribution in [0.4, 0.5) is 0 Å². The minimum absolute atomic E-state index is 0. The van der Waals surface area contributed by atoms with E-state index in [1.165, 1.54) is 12.8 Å². The molecule has 0 bridgehead atoms. The van der Waals surface area contributed by atoms with Crippen LogP contribution in [-0.2, 0) is 6.54 Å². The molecule has 0 heterocycles. The van der Waals surface area contributed by atoms with Crippen molar-refractivity contribution in [1.29, 1.82) is 5.26 Å². The molecule has 1 aromatic carbocycles. The number of nitrogens with one attached hydrogen (secondary N) is 2. The number of guanidine groups is 1. The quantitative estimate of drug-likeness (QED) is 0.486. The van der Waals surface area contributed by atoms with Gasteiger partial charge < -0.3 is 10.6 Å². The van der Waals surface area contributed by atoms with E-state index in [2.05, 4.69) is 21.7 Å². The topological polar surface area (TPSA) is 60.2 Å². The van der Waals surface area contributed by atoms with E-state index in [0.717, 1.165) is 30.5 Å². The van der Waals surface area contributed by atoms with Crippen molar-refractivity contribution in [3.63, 3.8) is 0 Å². The molecular weight excluding hydrogens is 351 g/mol. The van der Waals surface area contributed by atoms with E-state index in [4.69, 9.17) is 5.26 Å². The van der Waals surface area contributed by atoms with Crippen LogP contribution in [0.15, 0.2) is 29.3 Å². The van der Waals surface area contributed by atoms with Gasteiger partial charge in [0.05, 0.1) is 11.6 Å². The summed E-state index contributed by atoms with van der Waals surface area (Å²) in [5.41, 5.74) is 1.83. The Morgan fingerprint density at radius 1 is 1.32 bits per heavy atom. The number of nitriles is 1. The molecule has 1 aliphatic carbocycles. The Kier molecular flexibility index (Phi) is 6.64. The summed E-state index contributed by atoms with van der Waals surface area (Å²) in [6.45, 7) is 1.73. The zero-order chi connectivity index (χ0) is 12.8. The number of hydrogen-bond acceptors (Lipinski definition) is 2. The van der Waals surface area contributed by atoms with Gasteiger partial charge in [0.15, 0.2) is 5.96 Å². The Hall–Kier alpha value is -1.29. The highest BCUT2D eigenvalue weighted by Gasteiger charge is 2.20. The van der Waals surface area contributed by atoms with Gasteiger partial charge >= 0.3 is 0 Å². The highest BCUT2D eigenvalue weighted by Crippen LogP contribution is 2.27. The molecule has 1 aromatic rings. The summed E-state index contributed by atoms with van der Waals surface area (Å²) in [5, 5.41) is 15.3. The van der Waals surface area contributed by atoms with Gasteiger partial charge in [-0.3, -0.25) is 4.99 Å². The molecule has 0 saturated heterocycles. The Bertz CT molecular complexity index is 457. The minimum Gasteiger partial charge on any atom is -0.356 e. The Labute approximate surface area is 131 Å². The van der Waals surface area contributed by atoms with Crippen molar-refractivity contribution in [2.24, 2.45) is 10.9 Å². The van der Waals surface area contributed by atoms with E-state index < -0.39 is 0 Å². The van der Waals surface area contributed by atoms with E-state index in [-0.39, 0.29) is 24.0 Å². The second kappa shape index (κ2) is 8.00. The predicted molar refractivity (Wildman–Crippen MR) is 87.5 cm³/mol. The first-order valence-electron chi connectivity index (χ1n) is 6.25. The van der Waals surface area contributed by atoms with Crippen molar-refractivity contribution in [2.75, 3.05) is 13.6 Å². The van der Waals surface area contributed by atoms with E-state index in [1.54, 1.807) is 7.05 Å². The summed E-state index contributed by atoms with van der Waals surface area (Å²) in [5.74, 6) is 1.67. The lowest BCUT2D eigenvalue weighted by Gasteiger charge is -2.11. The minimum atomic E-state index is 0. The number of benzene rings is 1. The Balaban J connectivity index is 0.00000180. The molecule has 0 radical (unpaired) electrons. The number of nitrogens with zero attached hydrogens (tertiary/aromatic N) is 2. The third-order valence-electron chi connectivity index (χ3n) is 3.02. The van der Waals surface area contributed by atoms with E-state index in [0.29, 0.717) is 5.56 Å². The van der Waals surface area contributed by atoms with Gasteiger partial charge in [-0.2, -0.15) is 5.26 Å². The first-order chi connectivity index (χ1) is 8.81. The van der Waals surface area contributed by atoms with Crippen LogP contribution in [0.2, 0.25) is 0 Å². The SMILES string of the molecule is CN=C(NCc1ccc(C#N)cc1)NCC1CC1.I. The number of rotatable bonds is 4. The largest absolute Gasteiger partial charge is 0.356 e. The van der Waals surface area contributed by atoms with Crippen molar-refractivity contribution in [1.82, 2.24) is 10.6 Å². The summed E-state index contributed by atoms with van der Waals surface area (Å²) in [4.78, 5) is 4.18. The molecule has 19 heavy (non-hydrogen) atoms. The molecule has 5 heteroatoms. The fraction of sp³-hybridized carbons (Fsp3) is 0.429. The standard InChI is InChI=1S/C14H18N4.HI/c1-16-14(18-10-13-6-7-13)17-9-12-4-2-11(8-15)3-5-12;/h2-5,13H,6-7,9-10H2,1H3,(H2,16,17,18);1H. The van der Waals surface area contributed by atoms with Crippen LogP contribution >= 0.6 is 24.0 Å². The average molecular weight is 370 g/mol. The van der Waals surface area contributed by atoms with Crippen LogP contribution in [-0.4, -0.2) is 19.6 Å². The van der Waals surface area contributed by atoms with Crippen LogP contribution in [0.25, 0.3) is 0 Å². The molecule has 0 atom stereocenters. The lowest BCUT2D eigenvalue weighted by atomic mass is 10.1. The molecule has 1 saturated carbocycles. The third kappa shape index (κ3) is 5.47. The molecule has 1 fully saturated rings. The maximum absolute atomic E-state index is 8.72. The van der Waals surface area contributed by atoms with Crippen LogP contribution in [0.5, 0.6) is 0 Å². The monoisotopic (exact) mass is 370 g/mol. The fourth-order valence-electron chi connectivity index (χ4n) is 1.67. The van der Waals surface area contributed by atoms with Crippen molar-refractivity contribution >= 4 is 29.9 Å². The maximum Gasteiger partial charge on any atom is 0.191 e. The molecule has 102 valence electrons. The number of halogens is 1. The van der Waals surface area contributed by atoms with Crippen molar-refractivity contribution in [3.8, 4) is 6.07 Å². The molecule has 0 aliphatic heterocycles. The first-order valence-corrected chi connectivity index (χ1v) is 6.25. The second-order valence-corrected chi connectivity index (χ2v) is 4.56. The van der Waals surface area contributed by atoms with Crippen molar-refractivity contribution in [3.05, 3.63) is 35.4 Å². The smallest absolute Gasteiger partial charge is 0.191 e. The van der Waals surface area contributed by atoms with Crippen molar-refractivity contribution < 1.29 is 0 Å². The zero-order valence-corrected chi connectivity index (χ0v) is 13.3. The molecule has 1 aliphatic rings. The molecule has 0 aromatic heterocycles. The second-order valence-electron chi connectivity index (χ2n) is 4.56. The first kappa shape index (κ1) is 15.8. The molecular formula is C14H19IN4. The maximum atomic E-state index is 8.72. The summed E-state index contributed by atoms with van der Waals surface area (Å²) < 4.78 is 0. The lowest BCUT2D eigenvalue weighted by molar-refractivity contribution is 0.737. The molecule has 2 N–H and O–H groups in total. The number of aliphatic imine (C=N–C) groups is 1. The van der Waals surface area contributed by atoms with Crippen LogP contribution in [0.1, 0.15) is 24.0 Å².